The van der Waals surface area contributed by atoms with E-state index >= 15 is 0 Å². The van der Waals surface area contributed by atoms with Crippen LogP contribution in [-0.2, 0) is 10.3 Å². The van der Waals surface area contributed by atoms with Gasteiger partial charge in [-0.3, -0.25) is 14.5 Å². The van der Waals surface area contributed by atoms with Crippen molar-refractivity contribution in [1.82, 2.24) is 9.97 Å². The van der Waals surface area contributed by atoms with Crippen LogP contribution in [0, 0.1) is 13.8 Å². The van der Waals surface area contributed by atoms with E-state index in [0.717, 1.165) is 50.7 Å². The van der Waals surface area contributed by atoms with Crippen molar-refractivity contribution >= 4 is 39.7 Å². The molecule has 0 saturated heterocycles. The minimum Gasteiger partial charge on any atom is -0.358 e. The second kappa shape index (κ2) is 6.44. The molecule has 5 nitrogen and oxygen atoms in total. The summed E-state index contributed by atoms with van der Waals surface area (Å²) < 4.78 is 0. The number of Topliss-reactive ketones (excluding diaryl/α,β-unsaturated/α-hetero) is 1. The lowest BCUT2D eigenvalue weighted by Gasteiger charge is -2.36. The van der Waals surface area contributed by atoms with E-state index in [0.29, 0.717) is 11.3 Å². The molecule has 5 aromatic rings. The van der Waals surface area contributed by atoms with Gasteiger partial charge in [-0.1, -0.05) is 48.5 Å². The number of hydrogen-bond donors (Lipinski definition) is 2. The van der Waals surface area contributed by atoms with Crippen LogP contribution in [0.1, 0.15) is 32.9 Å². The summed E-state index contributed by atoms with van der Waals surface area (Å²) in [6.45, 7) is 3.95. The van der Waals surface area contributed by atoms with Crippen molar-refractivity contribution in [2.75, 3.05) is 4.90 Å². The monoisotopic (exact) mass is 419 g/mol. The van der Waals surface area contributed by atoms with Gasteiger partial charge in [-0.05, 0) is 38.1 Å². The average molecular weight is 419 g/mol. The molecule has 0 unspecified atom stereocenters. The quantitative estimate of drug-likeness (QED) is 0.386. The summed E-state index contributed by atoms with van der Waals surface area (Å²) in [6.07, 6.45) is 0.798. The number of rotatable bonds is 3. The van der Waals surface area contributed by atoms with Crippen LogP contribution in [0.25, 0.3) is 21.8 Å². The number of nitrogens with zero attached hydrogens (tertiary/aromatic N) is 1. The summed E-state index contributed by atoms with van der Waals surface area (Å²) in [5, 5.41) is 1.87. The minimum absolute atomic E-state index is 0.0964. The number of hydrogen-bond acceptors (Lipinski definition) is 2. The van der Waals surface area contributed by atoms with Gasteiger partial charge >= 0.3 is 0 Å². The number of benzene rings is 3. The zero-order valence-electron chi connectivity index (χ0n) is 17.8. The molecule has 2 aromatic heterocycles. The molecule has 1 aliphatic heterocycles. The number of H-pyrrole nitrogens is 2. The Labute approximate surface area is 184 Å². The van der Waals surface area contributed by atoms with E-state index in [1.807, 2.05) is 86.6 Å². The number of nitrogens with one attached hydrogen (secondary N) is 2. The van der Waals surface area contributed by atoms with Crippen LogP contribution >= 0.6 is 0 Å². The van der Waals surface area contributed by atoms with Gasteiger partial charge in [0.15, 0.2) is 11.3 Å². The van der Waals surface area contributed by atoms with E-state index in [4.69, 9.17) is 0 Å². The van der Waals surface area contributed by atoms with Gasteiger partial charge in [-0.2, -0.15) is 0 Å². The van der Waals surface area contributed by atoms with Gasteiger partial charge in [0, 0.05) is 49.9 Å². The highest BCUT2D eigenvalue weighted by atomic mass is 16.2. The van der Waals surface area contributed by atoms with Gasteiger partial charge in [0.2, 0.25) is 6.41 Å². The predicted octanol–water partition coefficient (Wildman–Crippen LogP) is 5.37. The lowest BCUT2D eigenvalue weighted by Crippen LogP contribution is -2.49. The Hall–Kier alpha value is -4.12. The SMILES string of the molecule is Cc1[nH]c2ccccc2c1C1(c2c(C)[nH]c3ccccc23)C(=O)c2ccccc2N1C=O. The highest BCUT2D eigenvalue weighted by Gasteiger charge is 2.57. The zero-order chi connectivity index (χ0) is 22.0. The smallest absolute Gasteiger partial charge is 0.215 e. The number of anilines is 1. The Morgan fingerprint density at radius 2 is 1.25 bits per heavy atom. The first kappa shape index (κ1) is 18.6. The number of fused-ring (bicyclic) bond motifs is 3. The summed E-state index contributed by atoms with van der Waals surface area (Å²) in [4.78, 5) is 35.7. The molecule has 0 saturated carbocycles. The molecule has 0 bridgehead atoms. The fraction of sp³-hybridized carbons (Fsp3) is 0.111. The zero-order valence-corrected chi connectivity index (χ0v) is 17.8. The molecule has 5 heteroatoms. The Morgan fingerprint density at radius 3 is 1.81 bits per heavy atom. The van der Waals surface area contributed by atoms with Gasteiger partial charge < -0.3 is 9.97 Å². The predicted molar refractivity (Wildman–Crippen MR) is 126 cm³/mol. The van der Waals surface area contributed by atoms with E-state index in [2.05, 4.69) is 9.97 Å². The maximum atomic E-state index is 14.4. The van der Waals surface area contributed by atoms with Crippen molar-refractivity contribution in [1.29, 1.82) is 0 Å². The molecular formula is C27H21N3O2. The number of para-hydroxylation sites is 3. The van der Waals surface area contributed by atoms with Crippen molar-refractivity contribution in [3.63, 3.8) is 0 Å². The number of aryl methyl sites for hydroxylation is 2. The maximum absolute atomic E-state index is 14.4. The number of ketones is 1. The van der Waals surface area contributed by atoms with Gasteiger partial charge in [-0.25, -0.2) is 0 Å². The number of carbonyl (C=O) groups excluding carboxylic acids is 2. The lowest BCUT2D eigenvalue weighted by atomic mass is 9.76. The van der Waals surface area contributed by atoms with E-state index in [9.17, 15) is 9.59 Å². The van der Waals surface area contributed by atoms with Gasteiger partial charge in [0.05, 0.1) is 5.69 Å². The molecule has 2 N–H and O–H groups in total. The molecule has 1 aliphatic rings. The first-order valence-corrected chi connectivity index (χ1v) is 10.6. The third-order valence-electron chi connectivity index (χ3n) is 6.71. The van der Waals surface area contributed by atoms with E-state index in [-0.39, 0.29) is 5.78 Å². The molecular weight excluding hydrogens is 398 g/mol. The van der Waals surface area contributed by atoms with Crippen molar-refractivity contribution in [3.05, 3.63) is 101 Å². The van der Waals surface area contributed by atoms with Gasteiger partial charge in [0.1, 0.15) is 0 Å². The molecule has 1 amide bonds. The second-order valence-corrected chi connectivity index (χ2v) is 8.37. The average Bonchev–Trinajstić information content (AvgIpc) is 3.40. The lowest BCUT2D eigenvalue weighted by molar-refractivity contribution is -0.108. The van der Waals surface area contributed by atoms with Crippen LogP contribution in [0.3, 0.4) is 0 Å². The number of aromatic amines is 2. The number of aromatic nitrogens is 2. The van der Waals surface area contributed by atoms with Crippen LogP contribution in [0.2, 0.25) is 0 Å². The van der Waals surface area contributed by atoms with Crippen LogP contribution in [0.15, 0.2) is 72.8 Å². The molecule has 3 aromatic carbocycles. The first-order chi connectivity index (χ1) is 15.6. The molecule has 0 atom stereocenters. The Kier molecular flexibility index (Phi) is 3.75. The van der Waals surface area contributed by atoms with Crippen molar-refractivity contribution in [2.24, 2.45) is 0 Å². The van der Waals surface area contributed by atoms with E-state index in [1.165, 1.54) is 0 Å². The summed E-state index contributed by atoms with van der Waals surface area (Å²) >= 11 is 0. The normalized spacial score (nSPS) is 14.9. The highest BCUT2D eigenvalue weighted by Crippen LogP contribution is 2.53. The molecule has 3 heterocycles. The van der Waals surface area contributed by atoms with Crippen LogP contribution in [0.5, 0.6) is 0 Å². The molecule has 32 heavy (non-hydrogen) atoms. The maximum Gasteiger partial charge on any atom is 0.215 e. The van der Waals surface area contributed by atoms with E-state index in [1.54, 1.807) is 4.90 Å². The Morgan fingerprint density at radius 1 is 0.750 bits per heavy atom. The van der Waals surface area contributed by atoms with Crippen LogP contribution < -0.4 is 4.90 Å². The molecule has 6 rings (SSSR count). The van der Waals surface area contributed by atoms with Gasteiger partial charge in [0.25, 0.3) is 0 Å². The topological polar surface area (TPSA) is 69.0 Å². The molecule has 0 aliphatic carbocycles. The molecule has 0 fully saturated rings. The fourth-order valence-corrected chi connectivity index (χ4v) is 5.58. The largest absolute Gasteiger partial charge is 0.358 e. The number of carbonyl (C=O) groups is 2. The third kappa shape index (κ3) is 2.12. The third-order valence-corrected chi connectivity index (χ3v) is 6.71. The fourth-order valence-electron chi connectivity index (χ4n) is 5.58. The number of amides is 1. The second-order valence-electron chi connectivity index (χ2n) is 8.37. The first-order valence-electron chi connectivity index (χ1n) is 10.6. The molecule has 0 radical (unpaired) electrons. The molecule has 0 spiro atoms. The van der Waals surface area contributed by atoms with Crippen molar-refractivity contribution in [3.8, 4) is 0 Å². The Bertz CT molecular complexity index is 1480. The van der Waals surface area contributed by atoms with Gasteiger partial charge in [-0.15, -0.1) is 0 Å². The summed E-state index contributed by atoms with van der Waals surface area (Å²) in [6, 6.07) is 23.3. The van der Waals surface area contributed by atoms with Crippen LogP contribution in [-0.4, -0.2) is 22.2 Å². The van der Waals surface area contributed by atoms with Crippen LogP contribution in [0.4, 0.5) is 5.69 Å². The standard InChI is InChI=1S/C27H21N3O2/c1-16-24(18-9-3-6-12-21(18)28-16)27(25-17(2)29-22-13-7-4-10-19(22)25)26(32)20-11-5-8-14-23(20)30(27)15-31/h3-15,28-29H,1-2H3. The summed E-state index contributed by atoms with van der Waals surface area (Å²) in [5.41, 5.74) is 5.09. The minimum atomic E-state index is -1.32. The van der Waals surface area contributed by atoms with E-state index < -0.39 is 5.54 Å². The highest BCUT2D eigenvalue weighted by molar-refractivity contribution is 6.23. The summed E-state index contributed by atoms with van der Waals surface area (Å²) in [7, 11) is 0. The summed E-state index contributed by atoms with van der Waals surface area (Å²) in [5.74, 6) is -0.0964. The van der Waals surface area contributed by atoms with Crippen molar-refractivity contribution in [2.45, 2.75) is 19.4 Å². The van der Waals surface area contributed by atoms with Crippen molar-refractivity contribution < 1.29 is 9.59 Å². The Balaban J connectivity index is 1.85. The molecule has 156 valence electrons.